The van der Waals surface area contributed by atoms with E-state index in [4.69, 9.17) is 21.3 Å². The highest BCUT2D eigenvalue weighted by atomic mass is 35.5. The molecule has 168 valence electrons. The lowest BCUT2D eigenvalue weighted by Gasteiger charge is -2.40. The number of hydrogen-bond donors (Lipinski definition) is 1. The Morgan fingerprint density at radius 1 is 1.23 bits per heavy atom. The van der Waals surface area contributed by atoms with Gasteiger partial charge in [-0.25, -0.2) is 9.79 Å². The van der Waals surface area contributed by atoms with Gasteiger partial charge in [0.2, 0.25) is 0 Å². The van der Waals surface area contributed by atoms with E-state index in [0.29, 0.717) is 19.8 Å². The zero-order valence-electron chi connectivity index (χ0n) is 18.0. The van der Waals surface area contributed by atoms with Gasteiger partial charge in [-0.05, 0) is 24.6 Å². The molecule has 1 aromatic rings. The lowest BCUT2D eigenvalue weighted by atomic mass is 10.1. The first kappa shape index (κ1) is 21.9. The van der Waals surface area contributed by atoms with Crippen molar-refractivity contribution in [3.63, 3.8) is 0 Å². The summed E-state index contributed by atoms with van der Waals surface area (Å²) < 4.78 is 5.54. The maximum absolute atomic E-state index is 12.6. The minimum Gasteiger partial charge on any atom is -0.380 e. The van der Waals surface area contributed by atoms with E-state index >= 15 is 0 Å². The second-order valence-corrected chi connectivity index (χ2v) is 8.41. The van der Waals surface area contributed by atoms with Crippen molar-refractivity contribution in [2.45, 2.75) is 25.7 Å². The summed E-state index contributed by atoms with van der Waals surface area (Å²) in [7, 11) is 1.68. The number of imide groups is 1. The van der Waals surface area contributed by atoms with Crippen LogP contribution in [0.25, 0.3) is 0 Å². The molecule has 2 saturated heterocycles. The molecule has 1 aromatic carbocycles. The van der Waals surface area contributed by atoms with Crippen molar-refractivity contribution in [2.75, 3.05) is 53.0 Å². The van der Waals surface area contributed by atoms with Crippen molar-refractivity contribution in [2.24, 2.45) is 4.99 Å². The van der Waals surface area contributed by atoms with Crippen LogP contribution >= 0.6 is 11.6 Å². The van der Waals surface area contributed by atoms with E-state index in [1.807, 2.05) is 30.0 Å². The number of rotatable bonds is 6. The molecule has 3 aliphatic heterocycles. The Morgan fingerprint density at radius 3 is 2.71 bits per heavy atom. The molecular formula is C21H29ClN6O3. The number of benzene rings is 1. The minimum absolute atomic E-state index is 0.303. The number of piperazine rings is 1. The molecule has 10 heteroatoms. The molecule has 0 aliphatic carbocycles. The van der Waals surface area contributed by atoms with Crippen molar-refractivity contribution in [1.82, 2.24) is 24.9 Å². The number of carbonyl (C=O) groups excluding carboxylic acids is 2. The molecule has 3 heterocycles. The Morgan fingerprint density at radius 2 is 2.00 bits per heavy atom. The van der Waals surface area contributed by atoms with Crippen LogP contribution in [0.3, 0.4) is 0 Å². The fraction of sp³-hybridized carbons (Fsp3) is 0.571. The van der Waals surface area contributed by atoms with Gasteiger partial charge >= 0.3 is 6.03 Å². The van der Waals surface area contributed by atoms with E-state index in [1.54, 1.807) is 7.05 Å². The van der Waals surface area contributed by atoms with Gasteiger partial charge in [0.05, 0.1) is 6.61 Å². The number of nitrogens with zero attached hydrogens (tertiary/aromatic N) is 5. The number of guanidine groups is 1. The summed E-state index contributed by atoms with van der Waals surface area (Å²) in [6, 6.07) is 7.01. The van der Waals surface area contributed by atoms with Gasteiger partial charge in [-0.2, -0.15) is 0 Å². The highest BCUT2D eigenvalue weighted by molar-refractivity contribution is 6.30. The van der Waals surface area contributed by atoms with Gasteiger partial charge in [0.15, 0.2) is 18.2 Å². The van der Waals surface area contributed by atoms with Gasteiger partial charge in [0.25, 0.3) is 5.91 Å². The van der Waals surface area contributed by atoms with Crippen molar-refractivity contribution < 1.29 is 14.3 Å². The van der Waals surface area contributed by atoms with Crippen LogP contribution in [-0.2, 0) is 16.1 Å². The molecule has 4 rings (SSSR count). The van der Waals surface area contributed by atoms with E-state index in [9.17, 15) is 9.59 Å². The minimum atomic E-state index is -0.525. The smallest absolute Gasteiger partial charge is 0.325 e. The van der Waals surface area contributed by atoms with Gasteiger partial charge in [0.1, 0.15) is 0 Å². The number of hydrogen-bond acceptors (Lipinski definition) is 7. The van der Waals surface area contributed by atoms with E-state index in [0.717, 1.165) is 43.7 Å². The van der Waals surface area contributed by atoms with E-state index in [-0.39, 0.29) is 5.91 Å². The van der Waals surface area contributed by atoms with Crippen molar-refractivity contribution in [3.05, 3.63) is 34.9 Å². The monoisotopic (exact) mass is 448 g/mol. The van der Waals surface area contributed by atoms with Crippen molar-refractivity contribution in [1.29, 1.82) is 0 Å². The van der Waals surface area contributed by atoms with Gasteiger partial charge in [0, 0.05) is 57.9 Å². The molecule has 9 nitrogen and oxygen atoms in total. The normalized spacial score (nSPS) is 24.4. The van der Waals surface area contributed by atoms with E-state index in [1.165, 1.54) is 10.5 Å². The number of carbonyl (C=O) groups is 2. The molecule has 1 N–H and O–H groups in total. The van der Waals surface area contributed by atoms with E-state index in [2.05, 4.69) is 21.2 Å². The summed E-state index contributed by atoms with van der Waals surface area (Å²) in [6.07, 6.45) is -0.512. The predicted molar refractivity (Wildman–Crippen MR) is 118 cm³/mol. The third-order valence-electron chi connectivity index (χ3n) is 5.97. The Kier molecular flexibility index (Phi) is 6.64. The average Bonchev–Trinajstić information content (AvgIpc) is 3.13. The topological polar surface area (TPSA) is 80.7 Å². The molecule has 2 atom stereocenters. The first-order valence-electron chi connectivity index (χ1n) is 10.7. The zero-order valence-corrected chi connectivity index (χ0v) is 18.7. The molecule has 3 aliphatic rings. The molecule has 3 amide bonds. The van der Waals surface area contributed by atoms with Crippen LogP contribution in [0.1, 0.15) is 12.5 Å². The summed E-state index contributed by atoms with van der Waals surface area (Å²) >= 11 is 6.11. The summed E-state index contributed by atoms with van der Waals surface area (Å²) in [6.45, 7) is 7.79. The predicted octanol–water partition coefficient (Wildman–Crippen LogP) is 1.04. The number of halogens is 1. The third-order valence-corrected chi connectivity index (χ3v) is 6.20. The number of nitrogens with one attached hydrogen (secondary N) is 1. The largest absolute Gasteiger partial charge is 0.380 e. The third kappa shape index (κ3) is 4.63. The number of urea groups is 1. The molecule has 2 unspecified atom stereocenters. The summed E-state index contributed by atoms with van der Waals surface area (Å²) in [4.78, 5) is 37.6. The molecule has 2 fully saturated rings. The van der Waals surface area contributed by atoms with Crippen LogP contribution in [0.5, 0.6) is 0 Å². The number of amides is 3. The SMILES string of the molecule is CCOCCN1C(N2CCN(Cc3cccc(Cl)c3)CC2)=NC2C1C(=O)NC(=O)N2C. The number of likely N-dealkylation sites (N-methyl/N-ethyl adjacent to an activating group) is 1. The first-order chi connectivity index (χ1) is 15.0. The van der Waals surface area contributed by atoms with Crippen LogP contribution in [0.15, 0.2) is 29.3 Å². The van der Waals surface area contributed by atoms with Gasteiger partial charge < -0.3 is 19.4 Å². The number of ether oxygens (including phenoxy) is 1. The highest BCUT2D eigenvalue weighted by Crippen LogP contribution is 2.26. The fourth-order valence-corrected chi connectivity index (χ4v) is 4.53. The van der Waals surface area contributed by atoms with Gasteiger partial charge in [-0.3, -0.25) is 15.0 Å². The van der Waals surface area contributed by atoms with Crippen LogP contribution in [0.2, 0.25) is 5.02 Å². The average molecular weight is 449 g/mol. The molecule has 0 bridgehead atoms. The highest BCUT2D eigenvalue weighted by Gasteiger charge is 2.49. The van der Waals surface area contributed by atoms with Crippen LogP contribution < -0.4 is 5.32 Å². The molecule has 0 aromatic heterocycles. The molecular weight excluding hydrogens is 420 g/mol. The van der Waals surface area contributed by atoms with Gasteiger partial charge in [-0.1, -0.05) is 23.7 Å². The molecule has 0 spiro atoms. The second-order valence-electron chi connectivity index (χ2n) is 7.98. The first-order valence-corrected chi connectivity index (χ1v) is 11.1. The molecule has 0 radical (unpaired) electrons. The Bertz CT molecular complexity index is 857. The lowest BCUT2D eigenvalue weighted by molar-refractivity contribution is -0.127. The Hall–Kier alpha value is -2.36. The van der Waals surface area contributed by atoms with Crippen LogP contribution in [0.4, 0.5) is 4.79 Å². The van der Waals surface area contributed by atoms with Crippen molar-refractivity contribution >= 4 is 29.5 Å². The van der Waals surface area contributed by atoms with E-state index < -0.39 is 18.2 Å². The van der Waals surface area contributed by atoms with Crippen molar-refractivity contribution in [3.8, 4) is 0 Å². The summed E-state index contributed by atoms with van der Waals surface area (Å²) in [5.74, 6) is 0.469. The van der Waals surface area contributed by atoms with Gasteiger partial charge in [-0.15, -0.1) is 0 Å². The number of aliphatic imine (C=N–C) groups is 1. The summed E-state index contributed by atoms with van der Waals surface area (Å²) in [5.41, 5.74) is 1.19. The maximum atomic E-state index is 12.6. The Balaban J connectivity index is 1.45. The second kappa shape index (κ2) is 9.42. The van der Waals surface area contributed by atoms with Crippen LogP contribution in [0, 0.1) is 0 Å². The Labute approximate surface area is 187 Å². The number of fused-ring (bicyclic) bond motifs is 1. The van der Waals surface area contributed by atoms with Crippen LogP contribution in [-0.4, -0.2) is 103 Å². The quantitative estimate of drug-likeness (QED) is 0.655. The standard InChI is InChI=1S/C21H29ClN6O3/c1-3-31-12-11-28-17-18(25(2)21(30)24-19(17)29)23-20(28)27-9-7-26(8-10-27)14-15-5-4-6-16(22)13-15/h4-6,13,17-18H,3,7-12,14H2,1-2H3,(H,24,29,30). The maximum Gasteiger partial charge on any atom is 0.325 e. The lowest BCUT2D eigenvalue weighted by Crippen LogP contribution is -2.65. The summed E-state index contributed by atoms with van der Waals surface area (Å²) in [5, 5.41) is 3.19. The fourth-order valence-electron chi connectivity index (χ4n) is 4.32. The zero-order chi connectivity index (χ0) is 22.0. The molecule has 0 saturated carbocycles. The molecule has 31 heavy (non-hydrogen) atoms.